The van der Waals surface area contributed by atoms with E-state index in [0.717, 1.165) is 0 Å². The van der Waals surface area contributed by atoms with Crippen molar-refractivity contribution in [3.8, 4) is 0 Å². The van der Waals surface area contributed by atoms with E-state index in [1.807, 2.05) is 0 Å². The van der Waals surface area contributed by atoms with Gasteiger partial charge in [0.2, 0.25) is 0 Å². The molecule has 122 valence electrons. The predicted octanol–water partition coefficient (Wildman–Crippen LogP) is 2.21. The molecule has 0 fully saturated rings. The second-order valence-corrected chi connectivity index (χ2v) is 5.13. The number of hydrogen-bond acceptors (Lipinski definition) is 4. The number of halogens is 5. The average molecular weight is 378 g/mol. The summed E-state index contributed by atoms with van der Waals surface area (Å²) in [7, 11) is 1.52. The largest absolute Gasteiger partial charge is 0.383 e. The summed E-state index contributed by atoms with van der Waals surface area (Å²) in [4.78, 5) is 0. The topological polar surface area (TPSA) is 62.3 Å². The molecule has 1 unspecified atom stereocenters. The Bertz CT molecular complexity index is 445. The van der Waals surface area contributed by atoms with Crippen molar-refractivity contribution in [3.63, 3.8) is 0 Å². The number of methoxy groups -OCH3 is 1. The van der Waals surface area contributed by atoms with Crippen molar-refractivity contribution < 1.29 is 27.0 Å². The van der Waals surface area contributed by atoms with Gasteiger partial charge in [0.25, 0.3) is 0 Å². The van der Waals surface area contributed by atoms with Gasteiger partial charge in [-0.05, 0) is 15.9 Å². The fourth-order valence-electron chi connectivity index (χ4n) is 1.56. The first kappa shape index (κ1) is 18.3. The van der Waals surface area contributed by atoms with Gasteiger partial charge in [-0.15, -0.1) is 0 Å². The van der Waals surface area contributed by atoms with Gasteiger partial charge in [-0.1, -0.05) is 0 Å². The number of hydrogen-bond donors (Lipinski definition) is 1. The maximum absolute atomic E-state index is 12.7. The van der Waals surface area contributed by atoms with E-state index >= 15 is 0 Å². The van der Waals surface area contributed by atoms with Gasteiger partial charge in [-0.2, -0.15) is 13.9 Å². The fourth-order valence-corrected chi connectivity index (χ4v) is 2.15. The molecule has 1 rings (SSSR count). The molecule has 0 aliphatic carbocycles. The summed E-state index contributed by atoms with van der Waals surface area (Å²) in [5, 5.41) is 4.05. The van der Waals surface area contributed by atoms with Gasteiger partial charge in [0.05, 0.1) is 42.2 Å². The first-order valence-electron chi connectivity index (χ1n) is 5.99. The summed E-state index contributed by atoms with van der Waals surface area (Å²) in [6.45, 7) is -0.918. The van der Waals surface area contributed by atoms with Gasteiger partial charge in [-0.25, -0.2) is 8.78 Å². The Labute approximate surface area is 127 Å². The average Bonchev–Trinajstić information content (AvgIpc) is 2.77. The quantitative estimate of drug-likeness (QED) is 0.670. The number of rotatable bonds is 9. The molecule has 0 aromatic carbocycles. The molecular formula is C11H16BrF4N3O2. The smallest absolute Gasteiger partial charge is 0.330 e. The standard InChI is InChI=1S/C11H16BrF4N3O2/c1-20-3-2-19-9(7(12)4-18-19)8(17)5-21-6-11(15,16)10(13)14/h4,8,10H,2-3,5-6,17H2,1H3. The molecule has 0 saturated heterocycles. The summed E-state index contributed by atoms with van der Waals surface area (Å²) in [5.74, 6) is -4.19. The molecule has 0 spiro atoms. The molecule has 2 N–H and O–H groups in total. The summed E-state index contributed by atoms with van der Waals surface area (Å²) in [6.07, 6.45) is -2.27. The van der Waals surface area contributed by atoms with Crippen LogP contribution >= 0.6 is 15.9 Å². The Kier molecular flexibility index (Phi) is 7.04. The van der Waals surface area contributed by atoms with E-state index in [4.69, 9.17) is 10.5 Å². The van der Waals surface area contributed by atoms with Gasteiger partial charge >= 0.3 is 12.3 Å². The second kappa shape index (κ2) is 8.06. The minimum absolute atomic E-state index is 0.334. The lowest BCUT2D eigenvalue weighted by Gasteiger charge is -2.18. The fraction of sp³-hybridized carbons (Fsp3) is 0.727. The predicted molar refractivity (Wildman–Crippen MR) is 70.5 cm³/mol. The van der Waals surface area contributed by atoms with Crippen molar-refractivity contribution in [3.05, 3.63) is 16.4 Å². The molecule has 0 bridgehead atoms. The molecule has 0 aliphatic heterocycles. The van der Waals surface area contributed by atoms with Gasteiger partial charge in [0.1, 0.15) is 6.61 Å². The summed E-state index contributed by atoms with van der Waals surface area (Å²) in [6, 6.07) is -0.785. The highest BCUT2D eigenvalue weighted by molar-refractivity contribution is 9.10. The zero-order valence-corrected chi connectivity index (χ0v) is 12.8. The molecule has 1 aromatic rings. The van der Waals surface area contributed by atoms with Gasteiger partial charge < -0.3 is 15.2 Å². The molecule has 1 atom stereocenters. The van der Waals surface area contributed by atoms with Crippen molar-refractivity contribution in [2.24, 2.45) is 5.73 Å². The maximum atomic E-state index is 12.7. The van der Waals surface area contributed by atoms with E-state index in [0.29, 0.717) is 23.3 Å². The van der Waals surface area contributed by atoms with E-state index in [1.165, 1.54) is 18.0 Å². The van der Waals surface area contributed by atoms with E-state index in [9.17, 15) is 17.6 Å². The van der Waals surface area contributed by atoms with Crippen LogP contribution in [0.15, 0.2) is 10.7 Å². The lowest BCUT2D eigenvalue weighted by atomic mass is 10.2. The van der Waals surface area contributed by atoms with Crippen LogP contribution in [0.1, 0.15) is 11.7 Å². The first-order chi connectivity index (χ1) is 9.79. The molecule has 0 amide bonds. The minimum Gasteiger partial charge on any atom is -0.383 e. The number of aromatic nitrogens is 2. The van der Waals surface area contributed by atoms with Gasteiger partial charge in [0.15, 0.2) is 0 Å². The second-order valence-electron chi connectivity index (χ2n) is 4.28. The molecule has 0 aliphatic rings. The maximum Gasteiger partial charge on any atom is 0.330 e. The van der Waals surface area contributed by atoms with E-state index in [2.05, 4.69) is 25.8 Å². The third-order valence-corrected chi connectivity index (χ3v) is 3.21. The van der Waals surface area contributed by atoms with Crippen molar-refractivity contribution >= 4 is 15.9 Å². The van der Waals surface area contributed by atoms with Crippen LogP contribution in [0, 0.1) is 0 Å². The minimum atomic E-state index is -4.19. The van der Waals surface area contributed by atoms with Crippen molar-refractivity contribution in [2.75, 3.05) is 26.9 Å². The third-order valence-electron chi connectivity index (χ3n) is 2.60. The van der Waals surface area contributed by atoms with Crippen LogP contribution in [0.2, 0.25) is 0 Å². The van der Waals surface area contributed by atoms with Crippen LogP contribution < -0.4 is 5.73 Å². The highest BCUT2D eigenvalue weighted by Gasteiger charge is 2.41. The SMILES string of the molecule is COCCn1ncc(Br)c1C(N)COCC(F)(F)C(F)F. The van der Waals surface area contributed by atoms with Crippen LogP contribution in [0.5, 0.6) is 0 Å². The van der Waals surface area contributed by atoms with Crippen molar-refractivity contribution in [1.29, 1.82) is 0 Å². The zero-order valence-electron chi connectivity index (χ0n) is 11.2. The van der Waals surface area contributed by atoms with Gasteiger partial charge in [-0.3, -0.25) is 4.68 Å². The number of nitrogens with two attached hydrogens (primary N) is 1. The van der Waals surface area contributed by atoms with Crippen molar-refractivity contribution in [2.45, 2.75) is 24.9 Å². The van der Waals surface area contributed by atoms with Crippen LogP contribution in [0.25, 0.3) is 0 Å². The molecular weight excluding hydrogens is 362 g/mol. The Morgan fingerprint density at radius 1 is 1.48 bits per heavy atom. The van der Waals surface area contributed by atoms with Gasteiger partial charge in [0, 0.05) is 7.11 Å². The van der Waals surface area contributed by atoms with E-state index in [1.54, 1.807) is 0 Å². The van der Waals surface area contributed by atoms with Crippen molar-refractivity contribution in [1.82, 2.24) is 9.78 Å². The van der Waals surface area contributed by atoms with Crippen LogP contribution in [0.3, 0.4) is 0 Å². The molecule has 5 nitrogen and oxygen atoms in total. The summed E-state index contributed by atoms with van der Waals surface area (Å²) >= 11 is 3.24. The molecule has 21 heavy (non-hydrogen) atoms. The monoisotopic (exact) mass is 377 g/mol. The zero-order chi connectivity index (χ0) is 16.0. The lowest BCUT2D eigenvalue weighted by molar-refractivity contribution is -0.166. The first-order valence-corrected chi connectivity index (χ1v) is 6.78. The Balaban J connectivity index is 2.59. The Hall–Kier alpha value is -0.710. The lowest BCUT2D eigenvalue weighted by Crippen LogP contribution is -2.34. The van der Waals surface area contributed by atoms with Crippen LogP contribution in [-0.4, -0.2) is 49.1 Å². The number of alkyl halides is 4. The van der Waals surface area contributed by atoms with E-state index < -0.39 is 25.0 Å². The Morgan fingerprint density at radius 3 is 2.71 bits per heavy atom. The van der Waals surface area contributed by atoms with Crippen LogP contribution in [0.4, 0.5) is 17.6 Å². The number of nitrogens with zero attached hydrogens (tertiary/aromatic N) is 2. The highest BCUT2D eigenvalue weighted by atomic mass is 79.9. The third kappa shape index (κ3) is 5.20. The molecule has 0 radical (unpaired) electrons. The normalized spacial score (nSPS) is 13.9. The Morgan fingerprint density at radius 2 is 2.14 bits per heavy atom. The summed E-state index contributed by atoms with van der Waals surface area (Å²) in [5.41, 5.74) is 6.35. The summed E-state index contributed by atoms with van der Waals surface area (Å²) < 4.78 is 61.0. The number of ether oxygens (including phenoxy) is 2. The van der Waals surface area contributed by atoms with E-state index in [-0.39, 0.29) is 6.61 Å². The molecule has 10 heteroatoms. The highest BCUT2D eigenvalue weighted by Crippen LogP contribution is 2.25. The molecule has 1 heterocycles. The molecule has 0 saturated carbocycles. The van der Waals surface area contributed by atoms with Crippen LogP contribution in [-0.2, 0) is 16.0 Å². The molecule has 1 aromatic heterocycles.